The standard InChI is InChI=1S/C13H19ClN4/c1-4-17-13-12(8(2)16-17)15-11(7-14)18(13)9(3)10-5-6-10/h9-10H,4-7H2,1-3H3. The zero-order valence-electron chi connectivity index (χ0n) is 11.1. The van der Waals surface area contributed by atoms with Gasteiger partial charge in [0.15, 0.2) is 5.65 Å². The van der Waals surface area contributed by atoms with Gasteiger partial charge < -0.3 is 4.57 Å². The Morgan fingerprint density at radius 2 is 2.17 bits per heavy atom. The van der Waals surface area contributed by atoms with Crippen LogP contribution in [0.2, 0.25) is 0 Å². The lowest BCUT2D eigenvalue weighted by molar-refractivity contribution is 0.472. The summed E-state index contributed by atoms with van der Waals surface area (Å²) in [5.41, 5.74) is 3.16. The van der Waals surface area contributed by atoms with Crippen molar-refractivity contribution >= 4 is 22.8 Å². The number of aryl methyl sites for hydroxylation is 2. The van der Waals surface area contributed by atoms with Gasteiger partial charge in [0.25, 0.3) is 0 Å². The third kappa shape index (κ3) is 1.66. The minimum atomic E-state index is 0.467. The van der Waals surface area contributed by atoms with Gasteiger partial charge in [0.2, 0.25) is 0 Å². The summed E-state index contributed by atoms with van der Waals surface area (Å²) in [4.78, 5) is 4.68. The fourth-order valence-corrected chi connectivity index (χ4v) is 2.96. The Bertz CT molecular complexity index is 579. The molecule has 0 bridgehead atoms. The molecular weight excluding hydrogens is 248 g/mol. The minimum absolute atomic E-state index is 0.467. The van der Waals surface area contributed by atoms with Crippen LogP contribution in [0.5, 0.6) is 0 Å². The normalized spacial score (nSPS) is 17.6. The number of nitrogens with zero attached hydrogens (tertiary/aromatic N) is 4. The van der Waals surface area contributed by atoms with E-state index in [2.05, 4.69) is 28.5 Å². The first-order valence-corrected chi connectivity index (χ1v) is 7.21. The Balaban J connectivity index is 2.24. The van der Waals surface area contributed by atoms with Crippen molar-refractivity contribution in [2.45, 2.75) is 52.1 Å². The van der Waals surface area contributed by atoms with Crippen LogP contribution >= 0.6 is 11.6 Å². The molecule has 0 amide bonds. The zero-order valence-corrected chi connectivity index (χ0v) is 11.9. The van der Waals surface area contributed by atoms with Gasteiger partial charge in [0.1, 0.15) is 11.3 Å². The van der Waals surface area contributed by atoms with Crippen LogP contribution in [0, 0.1) is 12.8 Å². The van der Waals surface area contributed by atoms with Crippen molar-refractivity contribution < 1.29 is 0 Å². The monoisotopic (exact) mass is 266 g/mol. The van der Waals surface area contributed by atoms with E-state index in [0.29, 0.717) is 11.9 Å². The van der Waals surface area contributed by atoms with Crippen molar-refractivity contribution in [1.29, 1.82) is 0 Å². The highest BCUT2D eigenvalue weighted by atomic mass is 35.5. The Morgan fingerprint density at radius 1 is 1.44 bits per heavy atom. The molecule has 0 aromatic carbocycles. The van der Waals surface area contributed by atoms with Gasteiger partial charge in [-0.15, -0.1) is 11.6 Å². The summed E-state index contributed by atoms with van der Waals surface area (Å²) in [6, 6.07) is 0.477. The van der Waals surface area contributed by atoms with Crippen LogP contribution in [0.4, 0.5) is 0 Å². The van der Waals surface area contributed by atoms with Crippen molar-refractivity contribution in [2.24, 2.45) is 5.92 Å². The third-order valence-corrected chi connectivity index (χ3v) is 4.19. The smallest absolute Gasteiger partial charge is 0.159 e. The van der Waals surface area contributed by atoms with Gasteiger partial charge in [-0.3, -0.25) is 0 Å². The average Bonchev–Trinajstić information content (AvgIpc) is 3.08. The van der Waals surface area contributed by atoms with Crippen molar-refractivity contribution in [3.63, 3.8) is 0 Å². The lowest BCUT2D eigenvalue weighted by Gasteiger charge is -2.16. The summed E-state index contributed by atoms with van der Waals surface area (Å²) in [6.07, 6.45) is 2.64. The summed E-state index contributed by atoms with van der Waals surface area (Å²) in [5.74, 6) is 2.23. The molecule has 0 spiro atoms. The van der Waals surface area contributed by atoms with Crippen molar-refractivity contribution in [2.75, 3.05) is 0 Å². The lowest BCUT2D eigenvalue weighted by Crippen LogP contribution is -2.13. The number of rotatable bonds is 4. The van der Waals surface area contributed by atoms with E-state index in [1.807, 2.05) is 11.6 Å². The highest BCUT2D eigenvalue weighted by Gasteiger charge is 2.32. The van der Waals surface area contributed by atoms with Crippen LogP contribution in [0.1, 0.15) is 44.2 Å². The van der Waals surface area contributed by atoms with Crippen molar-refractivity contribution in [1.82, 2.24) is 19.3 Å². The largest absolute Gasteiger partial charge is 0.309 e. The predicted octanol–water partition coefficient (Wildman–Crippen LogP) is 3.27. The maximum Gasteiger partial charge on any atom is 0.159 e. The van der Waals surface area contributed by atoms with Crippen LogP contribution in [0.15, 0.2) is 0 Å². The van der Waals surface area contributed by atoms with Crippen LogP contribution < -0.4 is 0 Å². The summed E-state index contributed by atoms with van der Waals surface area (Å²) < 4.78 is 4.36. The van der Waals surface area contributed by atoms with E-state index in [0.717, 1.165) is 35.1 Å². The number of hydrogen-bond acceptors (Lipinski definition) is 2. The maximum absolute atomic E-state index is 6.06. The molecule has 0 saturated heterocycles. The Kier molecular flexibility index (Phi) is 2.85. The Morgan fingerprint density at radius 3 is 2.72 bits per heavy atom. The van der Waals surface area contributed by atoms with Gasteiger partial charge in [-0.2, -0.15) is 5.10 Å². The summed E-state index contributed by atoms with van der Waals surface area (Å²) in [7, 11) is 0. The summed E-state index contributed by atoms with van der Waals surface area (Å²) >= 11 is 6.06. The second kappa shape index (κ2) is 4.26. The molecule has 2 aromatic rings. The first-order chi connectivity index (χ1) is 8.67. The molecule has 1 saturated carbocycles. The maximum atomic E-state index is 6.06. The van der Waals surface area contributed by atoms with Gasteiger partial charge in [-0.25, -0.2) is 9.67 Å². The Labute approximate surface area is 112 Å². The van der Waals surface area contributed by atoms with E-state index in [4.69, 9.17) is 11.6 Å². The van der Waals surface area contributed by atoms with Gasteiger partial charge in [0, 0.05) is 12.6 Å². The van der Waals surface area contributed by atoms with Gasteiger partial charge >= 0.3 is 0 Å². The Hall–Kier alpha value is -1.03. The predicted molar refractivity (Wildman–Crippen MR) is 72.9 cm³/mol. The highest BCUT2D eigenvalue weighted by Crippen LogP contribution is 2.41. The number of aromatic nitrogens is 4. The van der Waals surface area contributed by atoms with E-state index in [1.54, 1.807) is 0 Å². The molecule has 3 rings (SSSR count). The number of imidazole rings is 1. The second-order valence-corrected chi connectivity index (χ2v) is 5.45. The number of hydrogen-bond donors (Lipinski definition) is 0. The van der Waals surface area contributed by atoms with E-state index in [-0.39, 0.29) is 0 Å². The summed E-state index contributed by atoms with van der Waals surface area (Å²) in [6.45, 7) is 7.28. The topological polar surface area (TPSA) is 35.6 Å². The molecule has 5 heteroatoms. The fourth-order valence-electron chi connectivity index (χ4n) is 2.77. The highest BCUT2D eigenvalue weighted by molar-refractivity contribution is 6.16. The fraction of sp³-hybridized carbons (Fsp3) is 0.692. The van der Waals surface area contributed by atoms with Crippen LogP contribution in [0.25, 0.3) is 11.2 Å². The number of fused-ring (bicyclic) bond motifs is 1. The number of alkyl halides is 1. The molecular formula is C13H19ClN4. The molecule has 2 aromatic heterocycles. The SMILES string of the molecule is CCn1nc(C)c2nc(CCl)n(C(C)C3CC3)c21. The molecule has 18 heavy (non-hydrogen) atoms. The molecule has 1 atom stereocenters. The van der Waals surface area contributed by atoms with E-state index in [1.165, 1.54) is 12.8 Å². The van der Waals surface area contributed by atoms with Crippen LogP contribution in [-0.2, 0) is 12.4 Å². The van der Waals surface area contributed by atoms with E-state index in [9.17, 15) is 0 Å². The lowest BCUT2D eigenvalue weighted by atomic mass is 10.2. The molecule has 2 heterocycles. The first-order valence-electron chi connectivity index (χ1n) is 6.67. The molecule has 0 radical (unpaired) electrons. The molecule has 1 fully saturated rings. The molecule has 98 valence electrons. The van der Waals surface area contributed by atoms with E-state index >= 15 is 0 Å². The molecule has 1 aliphatic carbocycles. The molecule has 0 aliphatic heterocycles. The third-order valence-electron chi connectivity index (χ3n) is 3.95. The number of halogens is 1. The van der Waals surface area contributed by atoms with Crippen molar-refractivity contribution in [3.8, 4) is 0 Å². The zero-order chi connectivity index (χ0) is 12.9. The minimum Gasteiger partial charge on any atom is -0.309 e. The van der Waals surface area contributed by atoms with Gasteiger partial charge in [0.05, 0.1) is 11.6 Å². The van der Waals surface area contributed by atoms with E-state index < -0.39 is 0 Å². The summed E-state index contributed by atoms with van der Waals surface area (Å²) in [5, 5.41) is 4.56. The molecule has 1 aliphatic rings. The average molecular weight is 267 g/mol. The first kappa shape index (κ1) is 12.0. The molecule has 4 nitrogen and oxygen atoms in total. The quantitative estimate of drug-likeness (QED) is 0.796. The molecule has 1 unspecified atom stereocenters. The van der Waals surface area contributed by atoms with Gasteiger partial charge in [-0.05, 0) is 39.5 Å². The van der Waals surface area contributed by atoms with Crippen LogP contribution in [-0.4, -0.2) is 19.3 Å². The van der Waals surface area contributed by atoms with Crippen LogP contribution in [0.3, 0.4) is 0 Å². The van der Waals surface area contributed by atoms with Crippen molar-refractivity contribution in [3.05, 3.63) is 11.5 Å². The van der Waals surface area contributed by atoms with Gasteiger partial charge in [-0.1, -0.05) is 0 Å². The second-order valence-electron chi connectivity index (χ2n) is 5.18. The molecule has 0 N–H and O–H groups in total.